The maximum Gasteiger partial charge on any atom is 0.262 e. The molecule has 0 aromatic heterocycles. The molecule has 1 amide bonds. The lowest BCUT2D eigenvalue weighted by Crippen LogP contribution is -2.39. The maximum absolute atomic E-state index is 11.0. The van der Waals surface area contributed by atoms with Crippen molar-refractivity contribution in [3.63, 3.8) is 0 Å². The molecule has 1 fully saturated rings. The highest BCUT2D eigenvalue weighted by molar-refractivity contribution is 5.79. The van der Waals surface area contributed by atoms with Gasteiger partial charge in [0, 0.05) is 13.2 Å². The number of nitrogens with two attached hydrogens (primary N) is 1. The zero-order valence-corrected chi connectivity index (χ0v) is 8.49. The van der Waals surface area contributed by atoms with E-state index < -0.39 is 6.10 Å². The molecule has 5 heteroatoms. The molecule has 0 aromatic rings. The van der Waals surface area contributed by atoms with Gasteiger partial charge in [-0.2, -0.15) is 0 Å². The molecule has 1 aliphatic heterocycles. The van der Waals surface area contributed by atoms with Crippen LogP contribution in [0.25, 0.3) is 0 Å². The van der Waals surface area contributed by atoms with Crippen molar-refractivity contribution >= 4 is 5.91 Å². The molecule has 14 heavy (non-hydrogen) atoms. The molecule has 1 heterocycles. The molecule has 1 rings (SSSR count). The van der Waals surface area contributed by atoms with Crippen molar-refractivity contribution < 1.29 is 14.3 Å². The Morgan fingerprint density at radius 1 is 1.64 bits per heavy atom. The summed E-state index contributed by atoms with van der Waals surface area (Å²) in [4.78, 5) is 11.0. The summed E-state index contributed by atoms with van der Waals surface area (Å²) in [7, 11) is 0. The van der Waals surface area contributed by atoms with Crippen LogP contribution in [0.1, 0.15) is 19.8 Å². The highest BCUT2D eigenvalue weighted by atomic mass is 16.5. The Morgan fingerprint density at radius 3 is 2.86 bits per heavy atom. The van der Waals surface area contributed by atoms with Gasteiger partial charge in [0.1, 0.15) is 6.10 Å². The molecule has 0 aliphatic carbocycles. The van der Waals surface area contributed by atoms with Crippen molar-refractivity contribution in [3.8, 4) is 0 Å². The van der Waals surface area contributed by atoms with Gasteiger partial charge in [0.15, 0.2) is 0 Å². The third kappa shape index (κ3) is 3.61. The normalized spacial score (nSPS) is 20.4. The summed E-state index contributed by atoms with van der Waals surface area (Å²) in [6.45, 7) is 3.90. The van der Waals surface area contributed by atoms with Gasteiger partial charge in [-0.25, -0.2) is 5.84 Å². The van der Waals surface area contributed by atoms with E-state index in [9.17, 15) is 4.79 Å². The largest absolute Gasteiger partial charge is 0.381 e. The van der Waals surface area contributed by atoms with Crippen LogP contribution >= 0.6 is 0 Å². The molecule has 0 aromatic carbocycles. The summed E-state index contributed by atoms with van der Waals surface area (Å²) in [6.07, 6.45) is 1.55. The molecular weight excluding hydrogens is 184 g/mol. The number of nitrogens with one attached hydrogen (secondary N) is 1. The van der Waals surface area contributed by atoms with Gasteiger partial charge in [0.2, 0.25) is 0 Å². The zero-order valence-electron chi connectivity index (χ0n) is 8.49. The molecule has 1 unspecified atom stereocenters. The number of hydrogen-bond acceptors (Lipinski definition) is 4. The summed E-state index contributed by atoms with van der Waals surface area (Å²) in [5.74, 6) is 5.21. The summed E-state index contributed by atoms with van der Waals surface area (Å²) in [5, 5.41) is 0. The molecule has 1 atom stereocenters. The van der Waals surface area contributed by atoms with Crippen LogP contribution in [0.15, 0.2) is 0 Å². The lowest BCUT2D eigenvalue weighted by molar-refractivity contribution is -0.133. The van der Waals surface area contributed by atoms with Crippen molar-refractivity contribution in [1.82, 2.24) is 5.43 Å². The van der Waals surface area contributed by atoms with Crippen LogP contribution in [-0.2, 0) is 14.3 Å². The number of rotatable bonds is 4. The van der Waals surface area contributed by atoms with Crippen molar-refractivity contribution in [2.24, 2.45) is 11.8 Å². The molecule has 1 aliphatic rings. The summed E-state index contributed by atoms with van der Waals surface area (Å²) >= 11 is 0. The van der Waals surface area contributed by atoms with Crippen molar-refractivity contribution in [1.29, 1.82) is 0 Å². The van der Waals surface area contributed by atoms with Gasteiger partial charge in [0.05, 0.1) is 6.61 Å². The second-order valence-corrected chi connectivity index (χ2v) is 3.54. The first kappa shape index (κ1) is 11.4. The van der Waals surface area contributed by atoms with E-state index in [1.165, 1.54) is 0 Å². The van der Waals surface area contributed by atoms with Gasteiger partial charge in [-0.05, 0) is 25.7 Å². The lowest BCUT2D eigenvalue weighted by atomic mass is 10.0. The Morgan fingerprint density at radius 2 is 2.29 bits per heavy atom. The summed E-state index contributed by atoms with van der Waals surface area (Å²) in [6, 6.07) is 0. The molecule has 3 N–H and O–H groups in total. The van der Waals surface area contributed by atoms with E-state index in [0.29, 0.717) is 12.5 Å². The van der Waals surface area contributed by atoms with E-state index in [1.807, 2.05) is 0 Å². The number of hydrogen-bond donors (Lipinski definition) is 2. The fourth-order valence-corrected chi connectivity index (χ4v) is 1.39. The Balaban J connectivity index is 2.15. The first-order chi connectivity index (χ1) is 6.74. The fraction of sp³-hybridized carbons (Fsp3) is 0.889. The van der Waals surface area contributed by atoms with Crippen LogP contribution in [0.3, 0.4) is 0 Å². The Kier molecular flexibility index (Phi) is 4.86. The third-order valence-corrected chi connectivity index (χ3v) is 2.43. The van der Waals surface area contributed by atoms with Gasteiger partial charge in [-0.15, -0.1) is 0 Å². The Bertz CT molecular complexity index is 181. The molecule has 0 saturated carbocycles. The third-order valence-electron chi connectivity index (χ3n) is 2.43. The standard InChI is InChI=1S/C9H18N2O3/c1-7(9(12)11-10)14-6-8-2-4-13-5-3-8/h7-8H,2-6,10H2,1H3,(H,11,12). The molecule has 0 bridgehead atoms. The lowest BCUT2D eigenvalue weighted by Gasteiger charge is -2.23. The van der Waals surface area contributed by atoms with Crippen LogP contribution in [0.5, 0.6) is 0 Å². The predicted octanol–water partition coefficient (Wildman–Crippen LogP) is -0.192. The van der Waals surface area contributed by atoms with Crippen LogP contribution in [0.2, 0.25) is 0 Å². The molecular formula is C9H18N2O3. The molecule has 1 saturated heterocycles. The number of hydrazine groups is 1. The quantitative estimate of drug-likeness (QED) is 0.376. The van der Waals surface area contributed by atoms with E-state index >= 15 is 0 Å². The number of carbonyl (C=O) groups excluding carboxylic acids is 1. The van der Waals surface area contributed by atoms with Crippen molar-refractivity contribution in [2.75, 3.05) is 19.8 Å². The highest BCUT2D eigenvalue weighted by Gasteiger charge is 2.17. The monoisotopic (exact) mass is 202 g/mol. The van der Waals surface area contributed by atoms with Crippen molar-refractivity contribution in [3.05, 3.63) is 0 Å². The first-order valence-electron chi connectivity index (χ1n) is 4.94. The molecule has 82 valence electrons. The Hall–Kier alpha value is -0.650. The maximum atomic E-state index is 11.0. The summed E-state index contributed by atoms with van der Waals surface area (Å²) < 4.78 is 10.6. The van der Waals surface area contributed by atoms with Gasteiger partial charge in [0.25, 0.3) is 5.91 Å². The topological polar surface area (TPSA) is 73.6 Å². The predicted molar refractivity (Wildman–Crippen MR) is 51.3 cm³/mol. The van der Waals surface area contributed by atoms with Crippen LogP contribution in [0.4, 0.5) is 0 Å². The molecule has 0 radical (unpaired) electrons. The minimum Gasteiger partial charge on any atom is -0.381 e. The van der Waals surface area contributed by atoms with Gasteiger partial charge < -0.3 is 9.47 Å². The average molecular weight is 202 g/mol. The van der Waals surface area contributed by atoms with Crippen LogP contribution < -0.4 is 11.3 Å². The van der Waals surface area contributed by atoms with Gasteiger partial charge in [-0.3, -0.25) is 10.2 Å². The smallest absolute Gasteiger partial charge is 0.262 e. The second-order valence-electron chi connectivity index (χ2n) is 3.54. The highest BCUT2D eigenvalue weighted by Crippen LogP contribution is 2.15. The van der Waals surface area contributed by atoms with E-state index in [1.54, 1.807) is 6.92 Å². The molecule has 5 nitrogen and oxygen atoms in total. The minimum absolute atomic E-state index is 0.281. The van der Waals surface area contributed by atoms with Crippen LogP contribution in [-0.4, -0.2) is 31.8 Å². The number of amides is 1. The zero-order chi connectivity index (χ0) is 10.4. The van der Waals surface area contributed by atoms with Crippen LogP contribution in [0, 0.1) is 5.92 Å². The Labute approximate surface area is 83.9 Å². The molecule has 0 spiro atoms. The summed E-state index contributed by atoms with van der Waals surface area (Å²) in [5.41, 5.74) is 2.06. The van der Waals surface area contributed by atoms with Crippen molar-refractivity contribution in [2.45, 2.75) is 25.9 Å². The number of ether oxygens (including phenoxy) is 2. The average Bonchev–Trinajstić information content (AvgIpc) is 2.26. The van der Waals surface area contributed by atoms with E-state index in [2.05, 4.69) is 5.43 Å². The van der Waals surface area contributed by atoms with Gasteiger partial charge in [-0.1, -0.05) is 0 Å². The number of carbonyl (C=O) groups is 1. The van der Waals surface area contributed by atoms with E-state index in [-0.39, 0.29) is 5.91 Å². The minimum atomic E-state index is -0.470. The first-order valence-corrected chi connectivity index (χ1v) is 4.94. The second kappa shape index (κ2) is 5.95. The van der Waals surface area contributed by atoms with E-state index in [4.69, 9.17) is 15.3 Å². The van der Waals surface area contributed by atoms with Gasteiger partial charge >= 0.3 is 0 Å². The van der Waals surface area contributed by atoms with E-state index in [0.717, 1.165) is 26.1 Å². The fourth-order valence-electron chi connectivity index (χ4n) is 1.39. The SMILES string of the molecule is CC(OCC1CCOCC1)C(=O)NN.